The number of ether oxygens (including phenoxy) is 1. The third-order valence-corrected chi connectivity index (χ3v) is 3.96. The van der Waals surface area contributed by atoms with E-state index in [9.17, 15) is 4.79 Å². The van der Waals surface area contributed by atoms with Crippen molar-refractivity contribution >= 4 is 5.91 Å². The third-order valence-electron chi connectivity index (χ3n) is 3.96. The summed E-state index contributed by atoms with van der Waals surface area (Å²) in [6.45, 7) is 3.60. The first-order valence-corrected chi connectivity index (χ1v) is 7.39. The zero-order chi connectivity index (χ0) is 16.4. The van der Waals surface area contributed by atoms with Crippen LogP contribution in [0.3, 0.4) is 0 Å². The van der Waals surface area contributed by atoms with E-state index in [2.05, 4.69) is 20.0 Å². The summed E-state index contributed by atoms with van der Waals surface area (Å²) < 4.78 is 10.5. The zero-order valence-electron chi connectivity index (χ0n) is 13.4. The molecule has 23 heavy (non-hydrogen) atoms. The number of likely N-dealkylation sites (N-methyl/N-ethyl adjacent to an activating group) is 1. The van der Waals surface area contributed by atoms with Gasteiger partial charge >= 0.3 is 0 Å². The van der Waals surface area contributed by atoms with Crippen molar-refractivity contribution in [1.29, 1.82) is 0 Å². The summed E-state index contributed by atoms with van der Waals surface area (Å²) in [5.74, 6) is 1.34. The average Bonchev–Trinajstić information content (AvgIpc) is 3.01. The Labute approximate surface area is 134 Å². The standard InChI is InChI=1S/C15H19N5O3/c1-10-17-14(23-18-10)12-9-20(8-7-19(12)2)15(21)11-5-4-6-16-13(11)22-3/h4-6,12H,7-9H2,1-3H3/t12-/m0/s1. The minimum absolute atomic E-state index is 0.107. The molecule has 0 unspecified atom stereocenters. The Kier molecular flexibility index (Phi) is 4.24. The van der Waals surface area contributed by atoms with Crippen molar-refractivity contribution in [2.24, 2.45) is 0 Å². The molecule has 8 heteroatoms. The van der Waals surface area contributed by atoms with E-state index >= 15 is 0 Å². The van der Waals surface area contributed by atoms with Crippen LogP contribution in [0.1, 0.15) is 28.1 Å². The molecule has 0 radical (unpaired) electrons. The predicted octanol–water partition coefficient (Wildman–Crippen LogP) is 0.911. The number of aryl methyl sites for hydroxylation is 1. The van der Waals surface area contributed by atoms with Crippen molar-refractivity contribution in [2.75, 3.05) is 33.8 Å². The number of rotatable bonds is 3. The number of amides is 1. The molecule has 122 valence electrons. The maximum atomic E-state index is 12.8. The Morgan fingerprint density at radius 1 is 1.43 bits per heavy atom. The second-order valence-electron chi connectivity index (χ2n) is 5.49. The van der Waals surface area contributed by atoms with Gasteiger partial charge in [0.25, 0.3) is 5.91 Å². The van der Waals surface area contributed by atoms with Gasteiger partial charge in [-0.25, -0.2) is 4.98 Å². The number of piperazine rings is 1. The van der Waals surface area contributed by atoms with E-state index in [-0.39, 0.29) is 11.9 Å². The van der Waals surface area contributed by atoms with Gasteiger partial charge in [-0.3, -0.25) is 9.69 Å². The summed E-state index contributed by atoms with van der Waals surface area (Å²) in [7, 11) is 3.49. The number of hydrogen-bond donors (Lipinski definition) is 0. The Balaban J connectivity index is 1.82. The highest BCUT2D eigenvalue weighted by Gasteiger charge is 2.33. The van der Waals surface area contributed by atoms with E-state index in [1.807, 2.05) is 7.05 Å². The second kappa shape index (κ2) is 6.33. The van der Waals surface area contributed by atoms with E-state index < -0.39 is 0 Å². The van der Waals surface area contributed by atoms with Crippen molar-refractivity contribution < 1.29 is 14.1 Å². The van der Waals surface area contributed by atoms with E-state index in [0.717, 1.165) is 6.54 Å². The minimum atomic E-state index is -0.114. The van der Waals surface area contributed by atoms with Crippen LogP contribution in [0.25, 0.3) is 0 Å². The fourth-order valence-electron chi connectivity index (χ4n) is 2.66. The largest absolute Gasteiger partial charge is 0.480 e. The Bertz CT molecular complexity index is 702. The van der Waals surface area contributed by atoms with Crippen LogP contribution in [-0.2, 0) is 0 Å². The highest BCUT2D eigenvalue weighted by atomic mass is 16.5. The van der Waals surface area contributed by atoms with Crippen molar-refractivity contribution in [1.82, 2.24) is 24.9 Å². The van der Waals surface area contributed by atoms with E-state index in [4.69, 9.17) is 9.26 Å². The topological polar surface area (TPSA) is 84.6 Å². The highest BCUT2D eigenvalue weighted by molar-refractivity contribution is 5.96. The Morgan fingerprint density at radius 2 is 2.26 bits per heavy atom. The maximum Gasteiger partial charge on any atom is 0.259 e. The summed E-state index contributed by atoms with van der Waals surface area (Å²) in [6, 6.07) is 3.33. The zero-order valence-corrected chi connectivity index (χ0v) is 13.4. The normalized spacial score (nSPS) is 18.9. The lowest BCUT2D eigenvalue weighted by Crippen LogP contribution is -2.49. The van der Waals surface area contributed by atoms with Gasteiger partial charge < -0.3 is 14.2 Å². The number of nitrogens with zero attached hydrogens (tertiary/aromatic N) is 5. The molecule has 3 heterocycles. The molecule has 0 aromatic carbocycles. The van der Waals surface area contributed by atoms with Crippen molar-refractivity contribution in [3.63, 3.8) is 0 Å². The molecule has 3 rings (SSSR count). The van der Waals surface area contributed by atoms with Gasteiger partial charge in [-0.1, -0.05) is 5.16 Å². The summed E-state index contributed by atoms with van der Waals surface area (Å²) in [6.07, 6.45) is 1.60. The molecule has 2 aromatic rings. The van der Waals surface area contributed by atoms with Gasteiger partial charge in [-0.15, -0.1) is 0 Å². The lowest BCUT2D eigenvalue weighted by Gasteiger charge is -2.37. The number of aromatic nitrogens is 3. The molecule has 0 bridgehead atoms. The van der Waals surface area contributed by atoms with Gasteiger partial charge in [-0.2, -0.15) is 4.98 Å². The summed E-state index contributed by atoms with van der Waals surface area (Å²) in [5, 5.41) is 3.84. The molecule has 1 saturated heterocycles. The van der Waals surface area contributed by atoms with Gasteiger partial charge in [0.15, 0.2) is 5.82 Å². The molecule has 1 aliphatic rings. The quantitative estimate of drug-likeness (QED) is 0.832. The number of pyridine rings is 1. The number of carbonyl (C=O) groups is 1. The Hall–Kier alpha value is -2.48. The predicted molar refractivity (Wildman–Crippen MR) is 81.1 cm³/mol. The van der Waals surface area contributed by atoms with Crippen LogP contribution in [-0.4, -0.2) is 64.6 Å². The fraction of sp³-hybridized carbons (Fsp3) is 0.467. The van der Waals surface area contributed by atoms with Crippen LogP contribution in [0.15, 0.2) is 22.9 Å². The van der Waals surface area contributed by atoms with E-state index in [0.29, 0.717) is 36.2 Å². The van der Waals surface area contributed by atoms with Crippen LogP contribution >= 0.6 is 0 Å². The second-order valence-corrected chi connectivity index (χ2v) is 5.49. The fourth-order valence-corrected chi connectivity index (χ4v) is 2.66. The molecule has 1 fully saturated rings. The monoisotopic (exact) mass is 317 g/mol. The minimum Gasteiger partial charge on any atom is -0.480 e. The summed E-state index contributed by atoms with van der Waals surface area (Å²) in [5.41, 5.74) is 0.458. The molecule has 0 N–H and O–H groups in total. The molecule has 1 aliphatic heterocycles. The lowest BCUT2D eigenvalue weighted by molar-refractivity contribution is 0.0485. The molecular formula is C15H19N5O3. The third kappa shape index (κ3) is 3.02. The maximum absolute atomic E-state index is 12.8. The lowest BCUT2D eigenvalue weighted by atomic mass is 10.1. The van der Waals surface area contributed by atoms with Gasteiger partial charge in [0.1, 0.15) is 11.6 Å². The summed E-state index contributed by atoms with van der Waals surface area (Å²) in [4.78, 5) is 25.0. The molecule has 0 aliphatic carbocycles. The molecule has 0 saturated carbocycles. The van der Waals surface area contributed by atoms with Gasteiger partial charge in [-0.05, 0) is 26.1 Å². The van der Waals surface area contributed by atoms with Crippen LogP contribution in [0, 0.1) is 6.92 Å². The van der Waals surface area contributed by atoms with E-state index in [1.54, 1.807) is 30.2 Å². The van der Waals surface area contributed by atoms with Crippen molar-refractivity contribution in [3.8, 4) is 5.88 Å². The van der Waals surface area contributed by atoms with Crippen LogP contribution < -0.4 is 4.74 Å². The van der Waals surface area contributed by atoms with Crippen LogP contribution in [0.4, 0.5) is 0 Å². The molecular weight excluding hydrogens is 298 g/mol. The molecule has 1 amide bonds. The molecule has 2 aromatic heterocycles. The van der Waals surface area contributed by atoms with Crippen molar-refractivity contribution in [3.05, 3.63) is 35.6 Å². The smallest absolute Gasteiger partial charge is 0.259 e. The SMILES string of the molecule is COc1ncccc1C(=O)N1CCN(C)[C@H](c2nc(C)no2)C1. The molecule has 0 spiro atoms. The highest BCUT2D eigenvalue weighted by Crippen LogP contribution is 2.25. The first-order chi connectivity index (χ1) is 11.1. The number of hydrogen-bond acceptors (Lipinski definition) is 7. The first kappa shape index (κ1) is 15.4. The van der Waals surface area contributed by atoms with Crippen LogP contribution in [0.5, 0.6) is 5.88 Å². The number of carbonyl (C=O) groups excluding carboxylic acids is 1. The van der Waals surface area contributed by atoms with E-state index in [1.165, 1.54) is 7.11 Å². The number of methoxy groups -OCH3 is 1. The van der Waals surface area contributed by atoms with Gasteiger partial charge in [0, 0.05) is 25.8 Å². The molecule has 8 nitrogen and oxygen atoms in total. The van der Waals surface area contributed by atoms with Gasteiger partial charge in [0.2, 0.25) is 11.8 Å². The first-order valence-electron chi connectivity index (χ1n) is 7.39. The van der Waals surface area contributed by atoms with Crippen molar-refractivity contribution in [2.45, 2.75) is 13.0 Å². The average molecular weight is 317 g/mol. The summed E-state index contributed by atoms with van der Waals surface area (Å²) >= 11 is 0. The Morgan fingerprint density at radius 3 is 2.96 bits per heavy atom. The van der Waals surface area contributed by atoms with Gasteiger partial charge in [0.05, 0.1) is 7.11 Å². The van der Waals surface area contributed by atoms with Crippen LogP contribution in [0.2, 0.25) is 0 Å². The molecule has 1 atom stereocenters.